The Bertz CT molecular complexity index is 664. The van der Waals surface area contributed by atoms with Gasteiger partial charge in [0.05, 0.1) is 12.0 Å². The predicted octanol–water partition coefficient (Wildman–Crippen LogP) is 1.64. The molecule has 21 heavy (non-hydrogen) atoms. The molecule has 1 aromatic rings. The van der Waals surface area contributed by atoms with Crippen molar-refractivity contribution in [3.8, 4) is 5.75 Å². The van der Waals surface area contributed by atoms with E-state index in [0.29, 0.717) is 0 Å². The van der Waals surface area contributed by atoms with Crippen LogP contribution < -0.4 is 9.46 Å². The molecule has 1 atom stereocenters. The van der Waals surface area contributed by atoms with E-state index in [1.165, 1.54) is 19.2 Å². The summed E-state index contributed by atoms with van der Waals surface area (Å²) in [7, 11) is -2.47. The van der Waals surface area contributed by atoms with Gasteiger partial charge in [0.15, 0.2) is 0 Å². The first-order valence-electron chi connectivity index (χ1n) is 6.45. The normalized spacial score (nSPS) is 16.2. The Morgan fingerprint density at radius 3 is 2.67 bits per heavy atom. The molecule has 0 aliphatic heterocycles. The number of hydrogen-bond donors (Lipinski definition) is 2. The smallest absolute Gasteiger partial charge is 0.339 e. The second-order valence-electron chi connectivity index (χ2n) is 4.89. The first-order chi connectivity index (χ1) is 9.89. The van der Waals surface area contributed by atoms with E-state index in [1.807, 2.05) is 0 Å². The van der Waals surface area contributed by atoms with E-state index >= 15 is 0 Å². The van der Waals surface area contributed by atoms with Gasteiger partial charge in [-0.2, -0.15) is 0 Å². The minimum absolute atomic E-state index is 0.104. The van der Waals surface area contributed by atoms with Crippen LogP contribution in [0.1, 0.15) is 23.2 Å². The Kier molecular flexibility index (Phi) is 4.34. The number of nitrogens with one attached hydrogen (secondary N) is 1. The molecule has 1 fully saturated rings. The molecule has 0 amide bonds. The van der Waals surface area contributed by atoms with Crippen molar-refractivity contribution in [2.45, 2.75) is 23.8 Å². The van der Waals surface area contributed by atoms with Crippen molar-refractivity contribution in [2.75, 3.05) is 7.11 Å². The summed E-state index contributed by atoms with van der Waals surface area (Å²) < 4.78 is 32.1. The van der Waals surface area contributed by atoms with Gasteiger partial charge in [-0.15, -0.1) is 6.58 Å². The Morgan fingerprint density at radius 1 is 1.52 bits per heavy atom. The fourth-order valence-corrected chi connectivity index (χ4v) is 3.36. The number of methoxy groups -OCH3 is 1. The second-order valence-corrected chi connectivity index (χ2v) is 6.60. The summed E-state index contributed by atoms with van der Waals surface area (Å²) >= 11 is 0. The number of rotatable bonds is 7. The van der Waals surface area contributed by atoms with Gasteiger partial charge in [-0.05, 0) is 37.0 Å². The van der Waals surface area contributed by atoms with Crippen LogP contribution in [-0.2, 0) is 10.0 Å². The number of aromatic carboxylic acids is 1. The van der Waals surface area contributed by atoms with E-state index < -0.39 is 16.0 Å². The van der Waals surface area contributed by atoms with E-state index in [2.05, 4.69) is 11.3 Å². The standard InChI is InChI=1S/C14H17NO5S/c1-3-12(9-4-5-9)15-21(18,19)10-6-7-13(20-2)11(8-10)14(16)17/h3,6-9,12,15H,1,4-5H2,2H3,(H,16,17). The second kappa shape index (κ2) is 5.87. The number of benzene rings is 1. The molecule has 0 spiro atoms. The van der Waals surface area contributed by atoms with Crippen molar-refractivity contribution in [3.63, 3.8) is 0 Å². The van der Waals surface area contributed by atoms with Crippen LogP contribution in [-0.4, -0.2) is 32.6 Å². The summed E-state index contributed by atoms with van der Waals surface area (Å²) in [5.41, 5.74) is -0.193. The van der Waals surface area contributed by atoms with E-state index in [0.717, 1.165) is 18.9 Å². The predicted molar refractivity (Wildman–Crippen MR) is 77.0 cm³/mol. The van der Waals surface area contributed by atoms with Gasteiger partial charge in [0.1, 0.15) is 11.3 Å². The van der Waals surface area contributed by atoms with Crippen LogP contribution >= 0.6 is 0 Å². The zero-order valence-electron chi connectivity index (χ0n) is 11.6. The Hall–Kier alpha value is -1.86. The lowest BCUT2D eigenvalue weighted by atomic mass is 10.2. The van der Waals surface area contributed by atoms with Gasteiger partial charge in [0, 0.05) is 6.04 Å². The van der Waals surface area contributed by atoms with Gasteiger partial charge in [-0.3, -0.25) is 0 Å². The quantitative estimate of drug-likeness (QED) is 0.747. The molecule has 7 heteroatoms. The van der Waals surface area contributed by atoms with E-state index in [4.69, 9.17) is 9.84 Å². The maximum Gasteiger partial charge on any atom is 0.339 e. The summed E-state index contributed by atoms with van der Waals surface area (Å²) in [4.78, 5) is 11.0. The average molecular weight is 311 g/mol. The molecule has 0 bridgehead atoms. The van der Waals surface area contributed by atoms with Crippen molar-refractivity contribution in [1.29, 1.82) is 0 Å². The van der Waals surface area contributed by atoms with Crippen LogP contribution in [0.25, 0.3) is 0 Å². The van der Waals surface area contributed by atoms with Gasteiger partial charge in [0.25, 0.3) is 0 Å². The minimum atomic E-state index is -3.80. The van der Waals surface area contributed by atoms with Crippen molar-refractivity contribution in [3.05, 3.63) is 36.4 Å². The van der Waals surface area contributed by atoms with Crippen molar-refractivity contribution >= 4 is 16.0 Å². The van der Waals surface area contributed by atoms with E-state index in [1.54, 1.807) is 6.08 Å². The maximum atomic E-state index is 12.3. The molecule has 1 saturated carbocycles. The number of ether oxygens (including phenoxy) is 1. The van der Waals surface area contributed by atoms with Crippen molar-refractivity contribution < 1.29 is 23.1 Å². The van der Waals surface area contributed by atoms with Crippen molar-refractivity contribution in [1.82, 2.24) is 4.72 Å². The zero-order chi connectivity index (χ0) is 15.6. The number of hydrogen-bond acceptors (Lipinski definition) is 4. The van der Waals surface area contributed by atoms with Gasteiger partial charge in [-0.1, -0.05) is 6.08 Å². The Balaban J connectivity index is 2.33. The van der Waals surface area contributed by atoms with Crippen molar-refractivity contribution in [2.24, 2.45) is 5.92 Å². The topological polar surface area (TPSA) is 92.7 Å². The SMILES string of the molecule is C=CC(NS(=O)(=O)c1ccc(OC)c(C(=O)O)c1)C1CC1. The average Bonchev–Trinajstić information content (AvgIpc) is 3.28. The van der Waals surface area contributed by atoms with Gasteiger partial charge < -0.3 is 9.84 Å². The Morgan fingerprint density at radius 2 is 2.19 bits per heavy atom. The first kappa shape index (κ1) is 15.5. The molecule has 6 nitrogen and oxygen atoms in total. The van der Waals surface area contributed by atoms with Crippen LogP contribution in [0, 0.1) is 5.92 Å². The van der Waals surface area contributed by atoms with Crippen LogP contribution in [0.15, 0.2) is 35.7 Å². The molecule has 0 heterocycles. The molecule has 1 aliphatic carbocycles. The molecular weight excluding hydrogens is 294 g/mol. The van der Waals surface area contributed by atoms with E-state index in [-0.39, 0.29) is 28.2 Å². The monoisotopic (exact) mass is 311 g/mol. The van der Waals surface area contributed by atoms with Crippen LogP contribution in [0.3, 0.4) is 0 Å². The van der Waals surface area contributed by atoms with Gasteiger partial charge >= 0.3 is 5.97 Å². The molecule has 0 aromatic heterocycles. The highest BCUT2D eigenvalue weighted by Crippen LogP contribution is 2.34. The first-order valence-corrected chi connectivity index (χ1v) is 7.93. The number of sulfonamides is 1. The van der Waals surface area contributed by atoms with E-state index in [9.17, 15) is 13.2 Å². The fourth-order valence-electron chi connectivity index (χ4n) is 2.06. The van der Waals surface area contributed by atoms with Crippen LogP contribution in [0.5, 0.6) is 5.75 Å². The third-order valence-electron chi connectivity index (χ3n) is 3.39. The lowest BCUT2D eigenvalue weighted by Gasteiger charge is -2.15. The Labute approximate surface area is 123 Å². The summed E-state index contributed by atoms with van der Waals surface area (Å²) in [5, 5.41) is 9.10. The zero-order valence-corrected chi connectivity index (χ0v) is 12.4. The molecule has 1 aromatic carbocycles. The summed E-state index contributed by atoms with van der Waals surface area (Å²) in [6.45, 7) is 3.63. The largest absolute Gasteiger partial charge is 0.496 e. The highest BCUT2D eigenvalue weighted by Gasteiger charge is 2.32. The van der Waals surface area contributed by atoms with Gasteiger partial charge in [0.2, 0.25) is 10.0 Å². The molecule has 0 radical (unpaired) electrons. The third kappa shape index (κ3) is 3.43. The lowest BCUT2D eigenvalue weighted by Crippen LogP contribution is -2.34. The number of carbonyl (C=O) groups is 1. The van der Waals surface area contributed by atoms with Gasteiger partial charge in [-0.25, -0.2) is 17.9 Å². The molecule has 0 saturated heterocycles. The molecular formula is C14H17NO5S. The number of carboxylic acid groups (broad SMARTS) is 1. The number of carboxylic acids is 1. The maximum absolute atomic E-state index is 12.3. The molecule has 1 unspecified atom stereocenters. The summed E-state index contributed by atoms with van der Waals surface area (Å²) in [6, 6.07) is 3.42. The molecule has 2 rings (SSSR count). The molecule has 1 aliphatic rings. The molecule has 114 valence electrons. The lowest BCUT2D eigenvalue weighted by molar-refractivity contribution is 0.0693. The highest BCUT2D eigenvalue weighted by molar-refractivity contribution is 7.89. The summed E-state index contributed by atoms with van der Waals surface area (Å²) in [5.74, 6) is -0.857. The van der Waals surface area contributed by atoms with Crippen LogP contribution in [0.4, 0.5) is 0 Å². The van der Waals surface area contributed by atoms with Crippen LogP contribution in [0.2, 0.25) is 0 Å². The highest BCUT2D eigenvalue weighted by atomic mass is 32.2. The summed E-state index contributed by atoms with van der Waals surface area (Å²) in [6.07, 6.45) is 3.49. The third-order valence-corrected chi connectivity index (χ3v) is 4.84. The molecule has 2 N–H and O–H groups in total. The minimum Gasteiger partial charge on any atom is -0.496 e. The fraction of sp³-hybridized carbons (Fsp3) is 0.357.